The Bertz CT molecular complexity index is 482. The smallest absolute Gasteiger partial charge is 0.220 e. The number of aliphatic imine (C=N–C) groups is 1. The summed E-state index contributed by atoms with van der Waals surface area (Å²) in [6.45, 7) is 4.02. The largest absolute Gasteiger partial charge is 0.373 e. The summed E-state index contributed by atoms with van der Waals surface area (Å²) in [5.41, 5.74) is 5.38. The van der Waals surface area contributed by atoms with Gasteiger partial charge in [-0.05, 0) is 64.6 Å². The predicted molar refractivity (Wildman–Crippen MR) is 114 cm³/mol. The molecule has 4 N–H and O–H groups in total. The molecule has 0 saturated carbocycles. The summed E-state index contributed by atoms with van der Waals surface area (Å²) in [5, 5.41) is 6.93. The van der Waals surface area contributed by atoms with Crippen LogP contribution in [0.15, 0.2) is 4.99 Å². The summed E-state index contributed by atoms with van der Waals surface area (Å²) >= 11 is 0. The van der Waals surface area contributed by atoms with Gasteiger partial charge in [0.05, 0.1) is 18.2 Å². The van der Waals surface area contributed by atoms with E-state index >= 15 is 0 Å². The van der Waals surface area contributed by atoms with Crippen molar-refractivity contribution < 1.29 is 9.53 Å². The molecule has 0 radical (unpaired) electrons. The zero-order valence-corrected chi connectivity index (χ0v) is 18.1. The molecule has 0 aromatic rings. The van der Waals surface area contributed by atoms with E-state index in [9.17, 15) is 4.79 Å². The normalized spacial score (nSPS) is 29.4. The van der Waals surface area contributed by atoms with Crippen LogP contribution in [0.2, 0.25) is 0 Å². The van der Waals surface area contributed by atoms with Crippen LogP contribution in [0.4, 0.5) is 0 Å². The summed E-state index contributed by atoms with van der Waals surface area (Å²) in [4.78, 5) is 18.0. The number of carbonyl (C=O) groups excluding carboxylic acids is 1. The van der Waals surface area contributed by atoms with E-state index in [1.54, 1.807) is 0 Å². The molecule has 3 atom stereocenters. The van der Waals surface area contributed by atoms with E-state index in [0.29, 0.717) is 18.2 Å². The van der Waals surface area contributed by atoms with Gasteiger partial charge in [-0.15, -0.1) is 24.0 Å². The molecule has 1 amide bonds. The lowest BCUT2D eigenvalue weighted by molar-refractivity contribution is -0.123. The van der Waals surface area contributed by atoms with Crippen LogP contribution in [0.25, 0.3) is 0 Å². The molecule has 3 aliphatic heterocycles. The standard InChI is InChI=1S/C18H33N5O2.HI/c1-20-18(22-15-12-14-4-5-16(15)25-14)21-8-2-3-9-23-10-6-13(7-11-23)17(19)24;/h13-16H,2-12H2,1H3,(H2,19,24)(H2,20,21,22);1H. The first-order chi connectivity index (χ1) is 12.2. The molecule has 7 nitrogen and oxygen atoms in total. The molecule has 2 bridgehead atoms. The van der Waals surface area contributed by atoms with E-state index in [0.717, 1.165) is 64.2 Å². The lowest BCUT2D eigenvalue weighted by atomic mass is 9.96. The topological polar surface area (TPSA) is 92.0 Å². The Kier molecular flexibility index (Phi) is 8.89. The highest BCUT2D eigenvalue weighted by atomic mass is 127. The van der Waals surface area contributed by atoms with Gasteiger partial charge in [0.2, 0.25) is 5.91 Å². The van der Waals surface area contributed by atoms with Crippen LogP contribution < -0.4 is 16.4 Å². The second kappa shape index (κ2) is 10.7. The molecule has 150 valence electrons. The summed E-state index contributed by atoms with van der Waals surface area (Å²) in [6.07, 6.45) is 8.41. The lowest BCUT2D eigenvalue weighted by Crippen LogP contribution is -2.47. The fourth-order valence-electron chi connectivity index (χ4n) is 4.27. The second-order valence-electron chi connectivity index (χ2n) is 7.58. The molecule has 3 rings (SSSR count). The average molecular weight is 479 g/mol. The Morgan fingerprint density at radius 1 is 1.23 bits per heavy atom. The molecule has 3 unspecified atom stereocenters. The van der Waals surface area contributed by atoms with Gasteiger partial charge in [0.15, 0.2) is 5.96 Å². The second-order valence-corrected chi connectivity index (χ2v) is 7.58. The van der Waals surface area contributed by atoms with Crippen molar-refractivity contribution in [1.82, 2.24) is 15.5 Å². The van der Waals surface area contributed by atoms with Gasteiger partial charge in [-0.25, -0.2) is 0 Å². The third-order valence-corrected chi connectivity index (χ3v) is 5.84. The number of piperidine rings is 1. The van der Waals surface area contributed by atoms with Crippen molar-refractivity contribution in [3.8, 4) is 0 Å². The summed E-state index contributed by atoms with van der Waals surface area (Å²) in [5.74, 6) is 0.842. The van der Waals surface area contributed by atoms with E-state index in [4.69, 9.17) is 10.5 Å². The number of guanidine groups is 1. The molecule has 3 heterocycles. The number of fused-ring (bicyclic) bond motifs is 2. The van der Waals surface area contributed by atoms with Crippen LogP contribution in [0.5, 0.6) is 0 Å². The Morgan fingerprint density at radius 2 is 2.00 bits per heavy atom. The minimum absolute atomic E-state index is 0. The summed E-state index contributed by atoms with van der Waals surface area (Å²) in [7, 11) is 1.83. The molecule has 0 aromatic heterocycles. The van der Waals surface area contributed by atoms with Gasteiger partial charge in [-0.3, -0.25) is 9.79 Å². The number of ether oxygens (including phenoxy) is 1. The van der Waals surface area contributed by atoms with E-state index < -0.39 is 0 Å². The fraction of sp³-hybridized carbons (Fsp3) is 0.889. The molecule has 0 aliphatic carbocycles. The lowest BCUT2D eigenvalue weighted by Gasteiger charge is -2.30. The van der Waals surface area contributed by atoms with Crippen LogP contribution in [0.3, 0.4) is 0 Å². The maximum atomic E-state index is 11.2. The highest BCUT2D eigenvalue weighted by Gasteiger charge is 2.41. The maximum absolute atomic E-state index is 11.2. The monoisotopic (exact) mass is 479 g/mol. The highest BCUT2D eigenvalue weighted by molar-refractivity contribution is 14.0. The number of unbranched alkanes of at least 4 members (excludes halogenated alkanes) is 1. The Morgan fingerprint density at radius 3 is 2.58 bits per heavy atom. The third-order valence-electron chi connectivity index (χ3n) is 5.84. The molecule has 3 saturated heterocycles. The summed E-state index contributed by atoms with van der Waals surface area (Å²) in [6, 6.07) is 0.413. The maximum Gasteiger partial charge on any atom is 0.220 e. The number of likely N-dealkylation sites (tertiary alicyclic amines) is 1. The number of carbonyl (C=O) groups is 1. The molecule has 26 heavy (non-hydrogen) atoms. The SMILES string of the molecule is CN=C(NCCCCN1CCC(C(N)=O)CC1)NC1CC2CCC1O2.I. The number of nitrogens with two attached hydrogens (primary N) is 1. The van der Waals surface area contributed by atoms with Gasteiger partial charge in [-0.1, -0.05) is 0 Å². The minimum Gasteiger partial charge on any atom is -0.373 e. The van der Waals surface area contributed by atoms with E-state index in [2.05, 4.69) is 20.5 Å². The number of nitrogens with one attached hydrogen (secondary N) is 2. The molecular weight excluding hydrogens is 445 g/mol. The fourth-order valence-corrected chi connectivity index (χ4v) is 4.27. The number of amides is 1. The van der Waals surface area contributed by atoms with Crippen LogP contribution in [0.1, 0.15) is 44.9 Å². The predicted octanol–water partition coefficient (Wildman–Crippen LogP) is 1.07. The van der Waals surface area contributed by atoms with Gasteiger partial charge in [0, 0.05) is 19.5 Å². The molecule has 0 aromatic carbocycles. The minimum atomic E-state index is -0.136. The number of halogens is 1. The van der Waals surface area contributed by atoms with Gasteiger partial charge in [0.1, 0.15) is 0 Å². The van der Waals surface area contributed by atoms with Crippen LogP contribution in [-0.2, 0) is 9.53 Å². The van der Waals surface area contributed by atoms with Crippen LogP contribution >= 0.6 is 24.0 Å². The number of nitrogens with zero attached hydrogens (tertiary/aromatic N) is 2. The zero-order valence-electron chi connectivity index (χ0n) is 15.8. The highest BCUT2D eigenvalue weighted by Crippen LogP contribution is 2.34. The van der Waals surface area contributed by atoms with Crippen molar-refractivity contribution in [3.63, 3.8) is 0 Å². The molecular formula is C18H34IN5O2. The van der Waals surface area contributed by atoms with Crippen molar-refractivity contribution in [2.75, 3.05) is 33.2 Å². The first-order valence-corrected chi connectivity index (χ1v) is 9.80. The molecule has 3 fully saturated rings. The van der Waals surface area contributed by atoms with Gasteiger partial charge in [-0.2, -0.15) is 0 Å². The third kappa shape index (κ3) is 5.95. The Labute approximate surface area is 173 Å². The number of primary amides is 1. The molecule has 3 aliphatic rings. The van der Waals surface area contributed by atoms with Crippen LogP contribution in [-0.4, -0.2) is 68.2 Å². The van der Waals surface area contributed by atoms with E-state index in [-0.39, 0.29) is 35.8 Å². The van der Waals surface area contributed by atoms with E-state index in [1.165, 1.54) is 12.8 Å². The van der Waals surface area contributed by atoms with Crippen molar-refractivity contribution >= 4 is 35.8 Å². The van der Waals surface area contributed by atoms with Crippen molar-refractivity contribution in [2.45, 2.75) is 63.2 Å². The zero-order chi connectivity index (χ0) is 17.6. The van der Waals surface area contributed by atoms with Gasteiger partial charge in [0.25, 0.3) is 0 Å². The van der Waals surface area contributed by atoms with E-state index in [1.807, 2.05) is 7.05 Å². The van der Waals surface area contributed by atoms with Crippen molar-refractivity contribution in [2.24, 2.45) is 16.6 Å². The number of rotatable bonds is 7. The number of hydrogen-bond donors (Lipinski definition) is 3. The summed E-state index contributed by atoms with van der Waals surface area (Å²) < 4.78 is 5.88. The van der Waals surface area contributed by atoms with Crippen molar-refractivity contribution in [1.29, 1.82) is 0 Å². The Balaban J connectivity index is 0.00000243. The van der Waals surface area contributed by atoms with Gasteiger partial charge < -0.3 is 26.0 Å². The first-order valence-electron chi connectivity index (χ1n) is 9.80. The number of hydrogen-bond acceptors (Lipinski definition) is 4. The average Bonchev–Trinajstić information content (AvgIpc) is 3.23. The molecule has 0 spiro atoms. The first kappa shape index (κ1) is 21.7. The van der Waals surface area contributed by atoms with Crippen molar-refractivity contribution in [3.05, 3.63) is 0 Å². The van der Waals surface area contributed by atoms with Crippen LogP contribution in [0, 0.1) is 5.92 Å². The van der Waals surface area contributed by atoms with Gasteiger partial charge >= 0.3 is 0 Å². The molecule has 8 heteroatoms. The Hall–Kier alpha value is -0.610. The quantitative estimate of drug-likeness (QED) is 0.220.